The van der Waals surface area contributed by atoms with E-state index in [9.17, 15) is 24.8 Å². The van der Waals surface area contributed by atoms with Crippen LogP contribution in [-0.2, 0) is 16.0 Å². The first-order valence-corrected chi connectivity index (χ1v) is 13.5. The smallest absolute Gasteiger partial charge is 0.301 e. The number of anilines is 1. The molecule has 6 rings (SSSR count). The summed E-state index contributed by atoms with van der Waals surface area (Å²) in [6, 6.07) is 14.9. The van der Waals surface area contributed by atoms with Gasteiger partial charge in [0.15, 0.2) is 5.13 Å². The molecule has 11 heteroatoms. The van der Waals surface area contributed by atoms with Crippen LogP contribution in [0.5, 0.6) is 11.5 Å². The number of rotatable bonds is 6. The molecule has 2 aliphatic rings. The van der Waals surface area contributed by atoms with Gasteiger partial charge in [0.1, 0.15) is 23.4 Å². The number of benzene rings is 3. The summed E-state index contributed by atoms with van der Waals surface area (Å²) < 4.78 is 12.1. The van der Waals surface area contributed by atoms with Gasteiger partial charge in [-0.3, -0.25) is 24.6 Å². The summed E-state index contributed by atoms with van der Waals surface area (Å²) in [5.74, 6) is -0.842. The van der Waals surface area contributed by atoms with Crippen LogP contribution in [0.1, 0.15) is 36.6 Å². The number of ketones is 1. The van der Waals surface area contributed by atoms with Crippen LogP contribution in [0.3, 0.4) is 0 Å². The third kappa shape index (κ3) is 4.24. The lowest BCUT2D eigenvalue weighted by atomic mass is 9.94. The van der Waals surface area contributed by atoms with E-state index in [1.54, 1.807) is 42.5 Å². The normalized spacial score (nSPS) is 19.6. The highest BCUT2D eigenvalue weighted by atomic mass is 32.1. The van der Waals surface area contributed by atoms with Gasteiger partial charge in [0.25, 0.3) is 11.5 Å². The first kappa shape index (κ1) is 25.5. The summed E-state index contributed by atoms with van der Waals surface area (Å²) >= 11 is 1.18. The summed E-state index contributed by atoms with van der Waals surface area (Å²) in [6.45, 7) is 4.28. The minimum absolute atomic E-state index is 0.0230. The van der Waals surface area contributed by atoms with Gasteiger partial charge in [0.05, 0.1) is 33.4 Å². The van der Waals surface area contributed by atoms with E-state index in [1.165, 1.54) is 34.4 Å². The van der Waals surface area contributed by atoms with Crippen molar-refractivity contribution in [1.82, 2.24) is 4.98 Å². The number of carbonyl (C=O) groups is 2. The van der Waals surface area contributed by atoms with Gasteiger partial charge < -0.3 is 14.6 Å². The molecule has 1 aromatic heterocycles. The predicted molar refractivity (Wildman–Crippen MR) is 149 cm³/mol. The number of aromatic nitrogens is 1. The molecule has 202 valence electrons. The highest BCUT2D eigenvalue weighted by Crippen LogP contribution is 2.45. The molecular formula is C29H23N3O7S. The van der Waals surface area contributed by atoms with E-state index in [4.69, 9.17) is 9.47 Å². The zero-order valence-electron chi connectivity index (χ0n) is 21.5. The molecule has 0 saturated carbocycles. The zero-order chi connectivity index (χ0) is 28.1. The largest absolute Gasteiger partial charge is 0.507 e. The number of carbonyl (C=O) groups excluding carboxylic acids is 2. The average Bonchev–Trinajstić information content (AvgIpc) is 3.60. The number of amides is 1. The lowest BCUT2D eigenvalue weighted by Gasteiger charge is -2.22. The number of non-ortho nitro benzene ring substituents is 1. The number of Topliss-reactive ketones (excluding diaryl/α,β-unsaturated/α-hetero) is 1. The van der Waals surface area contributed by atoms with Crippen LogP contribution < -0.4 is 14.4 Å². The number of fused-ring (bicyclic) bond motifs is 2. The van der Waals surface area contributed by atoms with Crippen molar-refractivity contribution >= 4 is 49.8 Å². The van der Waals surface area contributed by atoms with Crippen LogP contribution in [0.4, 0.5) is 10.8 Å². The minimum atomic E-state index is -1.14. The second-order valence-electron chi connectivity index (χ2n) is 9.54. The SMILES string of the molecule is CCOc1ccc2nc(N3C(=O)C(=O)/C(=C(/O)c4ccc5c(c4)C[C@H](C)O5)[C@@H]3c3cccc([N+](=O)[O-])c3)sc2c1. The molecule has 10 nitrogen and oxygen atoms in total. The Morgan fingerprint density at radius 2 is 2.02 bits per heavy atom. The molecule has 4 aromatic rings. The van der Waals surface area contributed by atoms with Gasteiger partial charge in [-0.2, -0.15) is 0 Å². The second-order valence-corrected chi connectivity index (χ2v) is 10.5. The summed E-state index contributed by atoms with van der Waals surface area (Å²) in [5, 5.41) is 23.3. The first-order valence-electron chi connectivity index (χ1n) is 12.6. The number of hydrogen-bond donors (Lipinski definition) is 1. The number of nitro groups is 1. The molecule has 40 heavy (non-hydrogen) atoms. The maximum absolute atomic E-state index is 13.6. The fourth-order valence-electron chi connectivity index (χ4n) is 5.13. The Labute approximate surface area is 232 Å². The molecule has 1 N–H and O–H groups in total. The number of thiazole rings is 1. The Morgan fingerprint density at radius 3 is 2.80 bits per heavy atom. The Kier molecular flexibility index (Phi) is 6.22. The number of ether oxygens (including phenoxy) is 2. The molecule has 0 aliphatic carbocycles. The average molecular weight is 558 g/mol. The fraction of sp³-hybridized carbons (Fsp3) is 0.207. The van der Waals surface area contributed by atoms with Gasteiger partial charge in [-0.05, 0) is 61.4 Å². The van der Waals surface area contributed by atoms with Crippen LogP contribution in [0, 0.1) is 10.1 Å². The topological polar surface area (TPSA) is 132 Å². The van der Waals surface area contributed by atoms with Crippen molar-refractivity contribution in [1.29, 1.82) is 0 Å². The Bertz CT molecular complexity index is 1740. The molecule has 2 atom stereocenters. The molecule has 2 aliphatic heterocycles. The highest BCUT2D eigenvalue weighted by molar-refractivity contribution is 7.22. The third-order valence-corrected chi connectivity index (χ3v) is 7.89. The third-order valence-electron chi connectivity index (χ3n) is 6.88. The quantitative estimate of drug-likeness (QED) is 0.107. The number of nitrogens with zero attached hydrogens (tertiary/aromatic N) is 3. The molecule has 1 amide bonds. The van der Waals surface area contributed by atoms with Gasteiger partial charge in [-0.15, -0.1) is 0 Å². The molecule has 0 radical (unpaired) electrons. The van der Waals surface area contributed by atoms with Crippen LogP contribution in [0.15, 0.2) is 66.2 Å². The van der Waals surface area contributed by atoms with Crippen molar-refractivity contribution in [2.45, 2.75) is 32.4 Å². The second kappa shape index (κ2) is 9.76. The zero-order valence-corrected chi connectivity index (χ0v) is 22.3. The molecule has 1 saturated heterocycles. The van der Waals surface area contributed by atoms with E-state index in [2.05, 4.69) is 4.98 Å². The van der Waals surface area contributed by atoms with E-state index in [-0.39, 0.29) is 28.3 Å². The van der Waals surface area contributed by atoms with Crippen molar-refractivity contribution < 1.29 is 29.1 Å². The minimum Gasteiger partial charge on any atom is -0.507 e. The number of aliphatic hydroxyl groups excluding tert-OH is 1. The number of hydrogen-bond acceptors (Lipinski definition) is 9. The lowest BCUT2D eigenvalue weighted by molar-refractivity contribution is -0.384. The summed E-state index contributed by atoms with van der Waals surface area (Å²) in [6.07, 6.45) is 0.610. The van der Waals surface area contributed by atoms with Crippen molar-refractivity contribution in [2.24, 2.45) is 0 Å². The van der Waals surface area contributed by atoms with Gasteiger partial charge in [0.2, 0.25) is 0 Å². The van der Waals surface area contributed by atoms with Crippen LogP contribution in [0.25, 0.3) is 16.0 Å². The standard InChI is InChI=1S/C29H23N3O7S/c1-3-38-20-8-9-21-23(14-20)40-29(30-21)31-25(16-5-4-6-19(13-16)32(36)37)24(27(34)28(31)35)26(33)17-7-10-22-18(12-17)11-15(2)39-22/h4-10,12-15,25,33H,3,11H2,1-2H3/b26-24+/t15-,25-/m0/s1. The maximum atomic E-state index is 13.6. The first-order chi connectivity index (χ1) is 19.2. The van der Waals surface area contributed by atoms with E-state index in [0.29, 0.717) is 41.2 Å². The molecular weight excluding hydrogens is 534 g/mol. The lowest BCUT2D eigenvalue weighted by Crippen LogP contribution is -2.29. The van der Waals surface area contributed by atoms with E-state index < -0.39 is 22.7 Å². The van der Waals surface area contributed by atoms with Crippen molar-refractivity contribution in [2.75, 3.05) is 11.5 Å². The summed E-state index contributed by atoms with van der Waals surface area (Å²) in [7, 11) is 0. The summed E-state index contributed by atoms with van der Waals surface area (Å²) in [5.41, 5.74) is 1.71. The van der Waals surface area contributed by atoms with Crippen molar-refractivity contribution in [3.8, 4) is 11.5 Å². The number of nitro benzene ring substituents is 1. The van der Waals surface area contributed by atoms with Crippen LogP contribution >= 0.6 is 11.3 Å². The Morgan fingerprint density at radius 1 is 1.20 bits per heavy atom. The fourth-order valence-corrected chi connectivity index (χ4v) is 6.15. The molecule has 0 bridgehead atoms. The van der Waals surface area contributed by atoms with Gasteiger partial charge in [-0.1, -0.05) is 23.5 Å². The molecule has 0 unspecified atom stereocenters. The van der Waals surface area contributed by atoms with Crippen molar-refractivity contribution in [3.63, 3.8) is 0 Å². The van der Waals surface area contributed by atoms with Gasteiger partial charge in [0, 0.05) is 24.1 Å². The van der Waals surface area contributed by atoms with Crippen LogP contribution in [0.2, 0.25) is 0 Å². The van der Waals surface area contributed by atoms with E-state index in [0.717, 1.165) is 10.3 Å². The molecule has 0 spiro atoms. The van der Waals surface area contributed by atoms with Crippen LogP contribution in [-0.4, -0.2) is 39.4 Å². The highest BCUT2D eigenvalue weighted by Gasteiger charge is 2.48. The predicted octanol–water partition coefficient (Wildman–Crippen LogP) is 5.55. The van der Waals surface area contributed by atoms with Crippen molar-refractivity contribution in [3.05, 3.63) is 93.0 Å². The monoisotopic (exact) mass is 557 g/mol. The van der Waals surface area contributed by atoms with E-state index in [1.807, 2.05) is 13.8 Å². The molecule has 1 fully saturated rings. The molecule has 3 heterocycles. The van der Waals surface area contributed by atoms with E-state index >= 15 is 0 Å². The Hall–Kier alpha value is -4.77. The summed E-state index contributed by atoms with van der Waals surface area (Å²) in [4.78, 5) is 43.9. The maximum Gasteiger partial charge on any atom is 0.301 e. The number of aliphatic hydroxyl groups is 1. The van der Waals surface area contributed by atoms with Gasteiger partial charge in [-0.25, -0.2) is 4.98 Å². The van der Waals surface area contributed by atoms with Gasteiger partial charge >= 0.3 is 5.91 Å². The molecule has 3 aromatic carbocycles. The Balaban J connectivity index is 1.53.